The van der Waals surface area contributed by atoms with E-state index in [0.717, 1.165) is 0 Å². The van der Waals surface area contributed by atoms with Crippen LogP contribution < -0.4 is 9.47 Å². The molecule has 25 heavy (non-hydrogen) atoms. The van der Waals surface area contributed by atoms with E-state index in [0.29, 0.717) is 21.2 Å². The molecule has 0 saturated carbocycles. The number of benzene rings is 2. The largest absolute Gasteiger partial charge is 0.386 e. The Labute approximate surface area is 165 Å². The topological polar surface area (TPSA) is 66.0 Å². The molecular formula is C17H10Cl4N2O2. The Morgan fingerprint density at radius 1 is 0.760 bits per heavy atom. The van der Waals surface area contributed by atoms with Crippen LogP contribution in [0, 0.1) is 23.0 Å². The quantitative estimate of drug-likeness (QED) is 0.546. The van der Waals surface area contributed by atoms with Gasteiger partial charge in [-0.2, -0.15) is 0 Å². The standard InChI is InChI=1S/C17H10Cl4N2O2/c1-17(2,11-3-9(18)5-13(20)15(11)24-7-22)12-4-10(19)6-14(21)16(12)25-8-23/h3-6H,1-2H3. The summed E-state index contributed by atoms with van der Waals surface area (Å²) >= 11 is 24.6. The molecule has 2 aromatic carbocycles. The Morgan fingerprint density at radius 2 is 1.12 bits per heavy atom. The molecule has 2 aromatic rings. The zero-order chi connectivity index (χ0) is 18.8. The van der Waals surface area contributed by atoms with Gasteiger partial charge in [-0.1, -0.05) is 60.3 Å². The fourth-order valence-electron chi connectivity index (χ4n) is 2.49. The molecule has 0 amide bonds. The van der Waals surface area contributed by atoms with Crippen molar-refractivity contribution in [2.24, 2.45) is 0 Å². The second-order valence-electron chi connectivity index (χ2n) is 5.54. The average molecular weight is 416 g/mol. The Morgan fingerprint density at radius 3 is 1.44 bits per heavy atom. The van der Waals surface area contributed by atoms with Crippen molar-refractivity contribution in [1.29, 1.82) is 10.5 Å². The van der Waals surface area contributed by atoms with Crippen LogP contribution in [0.25, 0.3) is 0 Å². The summed E-state index contributed by atoms with van der Waals surface area (Å²) in [6.45, 7) is 3.62. The maximum atomic E-state index is 8.93. The zero-order valence-electron chi connectivity index (χ0n) is 13.0. The number of nitriles is 2. The highest BCUT2D eigenvalue weighted by Crippen LogP contribution is 2.47. The van der Waals surface area contributed by atoms with Crippen molar-refractivity contribution in [3.63, 3.8) is 0 Å². The van der Waals surface area contributed by atoms with Crippen LogP contribution in [0.15, 0.2) is 24.3 Å². The Hall–Kier alpha value is -1.82. The van der Waals surface area contributed by atoms with Crippen molar-refractivity contribution < 1.29 is 9.47 Å². The highest BCUT2D eigenvalue weighted by molar-refractivity contribution is 6.36. The van der Waals surface area contributed by atoms with Gasteiger partial charge in [-0.25, -0.2) is 0 Å². The van der Waals surface area contributed by atoms with Gasteiger partial charge < -0.3 is 9.47 Å². The van der Waals surface area contributed by atoms with E-state index in [2.05, 4.69) is 0 Å². The SMILES string of the molecule is CC(C)(c1cc(Cl)cc(Cl)c1OC#N)c1cc(Cl)cc(Cl)c1OC#N. The molecule has 4 nitrogen and oxygen atoms in total. The summed E-state index contributed by atoms with van der Waals surface area (Å²) in [6.07, 6.45) is 3.22. The van der Waals surface area contributed by atoms with Crippen molar-refractivity contribution in [2.75, 3.05) is 0 Å². The second kappa shape index (κ2) is 7.60. The van der Waals surface area contributed by atoms with E-state index < -0.39 is 5.41 Å². The Balaban J connectivity index is 2.81. The number of nitrogens with zero attached hydrogens (tertiary/aromatic N) is 2. The molecule has 2 rings (SSSR count). The number of hydrogen-bond acceptors (Lipinski definition) is 4. The molecule has 0 atom stereocenters. The van der Waals surface area contributed by atoms with Gasteiger partial charge in [0.1, 0.15) is 0 Å². The molecule has 8 heteroatoms. The van der Waals surface area contributed by atoms with Crippen LogP contribution in [-0.4, -0.2) is 0 Å². The van der Waals surface area contributed by atoms with E-state index in [-0.39, 0.29) is 21.5 Å². The van der Waals surface area contributed by atoms with Crippen LogP contribution in [0.5, 0.6) is 11.5 Å². The van der Waals surface area contributed by atoms with Gasteiger partial charge in [0.25, 0.3) is 12.5 Å². The lowest BCUT2D eigenvalue weighted by atomic mass is 9.77. The van der Waals surface area contributed by atoms with Crippen molar-refractivity contribution in [3.8, 4) is 24.0 Å². The van der Waals surface area contributed by atoms with Gasteiger partial charge in [-0.3, -0.25) is 0 Å². The van der Waals surface area contributed by atoms with Crippen LogP contribution in [-0.2, 0) is 5.41 Å². The van der Waals surface area contributed by atoms with Crippen molar-refractivity contribution >= 4 is 46.4 Å². The molecule has 0 aliphatic carbocycles. The second-order valence-corrected chi connectivity index (χ2v) is 7.23. The van der Waals surface area contributed by atoms with Crippen molar-refractivity contribution in [2.45, 2.75) is 19.3 Å². The zero-order valence-corrected chi connectivity index (χ0v) is 16.1. The molecule has 0 bridgehead atoms. The maximum absolute atomic E-state index is 8.93. The monoisotopic (exact) mass is 414 g/mol. The molecule has 128 valence electrons. The normalized spacial score (nSPS) is 10.7. The minimum atomic E-state index is -0.860. The molecule has 0 spiro atoms. The van der Waals surface area contributed by atoms with E-state index in [4.69, 9.17) is 66.4 Å². The summed E-state index contributed by atoms with van der Waals surface area (Å²) in [7, 11) is 0. The van der Waals surface area contributed by atoms with Gasteiger partial charge in [-0.15, -0.1) is 10.5 Å². The molecule has 0 unspecified atom stereocenters. The third-order valence-corrected chi connectivity index (χ3v) is 4.66. The molecule has 0 heterocycles. The molecule has 0 aromatic heterocycles. The molecule has 0 N–H and O–H groups in total. The lowest BCUT2D eigenvalue weighted by molar-refractivity contribution is 0.464. The van der Waals surface area contributed by atoms with Crippen LogP contribution in [0.3, 0.4) is 0 Å². The number of ether oxygens (including phenoxy) is 2. The van der Waals surface area contributed by atoms with E-state index in [1.165, 1.54) is 12.1 Å². The number of rotatable bonds is 4. The first-order chi connectivity index (χ1) is 11.7. The molecule has 0 fully saturated rings. The first-order valence-electron chi connectivity index (χ1n) is 6.83. The molecule has 0 aliphatic heterocycles. The predicted molar refractivity (Wildman–Crippen MR) is 97.5 cm³/mol. The van der Waals surface area contributed by atoms with E-state index in [1.807, 2.05) is 13.8 Å². The molecule has 0 saturated heterocycles. The highest BCUT2D eigenvalue weighted by atomic mass is 35.5. The van der Waals surface area contributed by atoms with Gasteiger partial charge in [0.2, 0.25) is 0 Å². The lowest BCUT2D eigenvalue weighted by Gasteiger charge is -2.29. The van der Waals surface area contributed by atoms with Gasteiger partial charge in [-0.05, 0) is 24.3 Å². The van der Waals surface area contributed by atoms with Gasteiger partial charge in [0, 0.05) is 26.6 Å². The highest BCUT2D eigenvalue weighted by Gasteiger charge is 2.33. The van der Waals surface area contributed by atoms with Crippen LogP contribution in [0.4, 0.5) is 0 Å². The maximum Gasteiger partial charge on any atom is 0.292 e. The van der Waals surface area contributed by atoms with Gasteiger partial charge in [0.15, 0.2) is 11.5 Å². The molecular weight excluding hydrogens is 406 g/mol. The van der Waals surface area contributed by atoms with Crippen LogP contribution in [0.1, 0.15) is 25.0 Å². The first kappa shape index (κ1) is 19.5. The Bertz CT molecular complexity index is 841. The Kier molecular flexibility index (Phi) is 5.93. The van der Waals surface area contributed by atoms with Crippen molar-refractivity contribution in [1.82, 2.24) is 0 Å². The minimum absolute atomic E-state index is 0.151. The van der Waals surface area contributed by atoms with E-state index >= 15 is 0 Å². The van der Waals surface area contributed by atoms with E-state index in [1.54, 1.807) is 24.6 Å². The number of halogens is 4. The van der Waals surface area contributed by atoms with Gasteiger partial charge in [0.05, 0.1) is 10.0 Å². The number of hydrogen-bond donors (Lipinski definition) is 0. The summed E-state index contributed by atoms with van der Waals surface area (Å²) in [5.41, 5.74) is 0.155. The first-order valence-corrected chi connectivity index (χ1v) is 8.34. The smallest absolute Gasteiger partial charge is 0.292 e. The fraction of sp³-hybridized carbons (Fsp3) is 0.176. The van der Waals surface area contributed by atoms with Crippen LogP contribution >= 0.6 is 46.4 Å². The summed E-state index contributed by atoms with van der Waals surface area (Å²) in [4.78, 5) is 0. The molecule has 0 radical (unpaired) electrons. The summed E-state index contributed by atoms with van der Waals surface area (Å²) in [5, 5.41) is 18.9. The lowest BCUT2D eigenvalue weighted by Crippen LogP contribution is -2.21. The predicted octanol–water partition coefficient (Wildman–Crippen LogP) is 6.35. The summed E-state index contributed by atoms with van der Waals surface area (Å²) in [5.74, 6) is 0.301. The van der Waals surface area contributed by atoms with E-state index in [9.17, 15) is 0 Å². The average Bonchev–Trinajstić information content (AvgIpc) is 2.52. The summed E-state index contributed by atoms with van der Waals surface area (Å²) in [6, 6.07) is 6.16. The molecule has 0 aliphatic rings. The van der Waals surface area contributed by atoms with Crippen molar-refractivity contribution in [3.05, 3.63) is 55.5 Å². The summed E-state index contributed by atoms with van der Waals surface area (Å²) < 4.78 is 10.1. The minimum Gasteiger partial charge on any atom is -0.386 e. The third kappa shape index (κ3) is 3.89. The van der Waals surface area contributed by atoms with Crippen LogP contribution in [0.2, 0.25) is 20.1 Å². The fourth-order valence-corrected chi connectivity index (χ4v) is 3.56. The van der Waals surface area contributed by atoms with Gasteiger partial charge >= 0.3 is 0 Å². The third-order valence-electron chi connectivity index (χ3n) is 3.66.